The van der Waals surface area contributed by atoms with E-state index in [0.29, 0.717) is 18.5 Å². The van der Waals surface area contributed by atoms with Crippen LogP contribution in [-0.4, -0.2) is 19.3 Å². The number of hydrogen-bond acceptors (Lipinski definition) is 4. The van der Waals surface area contributed by atoms with Gasteiger partial charge in [0.2, 0.25) is 5.56 Å². The Morgan fingerprint density at radius 1 is 1.07 bits per heavy atom. The van der Waals surface area contributed by atoms with Gasteiger partial charge in [-0.2, -0.15) is 5.10 Å². The third-order valence-corrected chi connectivity index (χ3v) is 5.05. The lowest BCUT2D eigenvalue weighted by Gasteiger charge is -2.23. The average Bonchev–Trinajstić information content (AvgIpc) is 3.14. The summed E-state index contributed by atoms with van der Waals surface area (Å²) in [7, 11) is 1.76. The van der Waals surface area contributed by atoms with E-state index in [4.69, 9.17) is 14.8 Å². The molecule has 0 saturated heterocycles. The first-order valence-electron chi connectivity index (χ1n) is 9.51. The van der Waals surface area contributed by atoms with Crippen LogP contribution in [0.25, 0.3) is 11.4 Å². The van der Waals surface area contributed by atoms with Gasteiger partial charge in [0.25, 0.3) is 0 Å². The van der Waals surface area contributed by atoms with Crippen LogP contribution in [0.15, 0.2) is 53.5 Å². The molecule has 2 heterocycles. The average molecular weight is 364 g/mol. The lowest BCUT2D eigenvalue weighted by molar-refractivity contribution is 0.288. The minimum Gasteiger partial charge on any atom is -0.486 e. The highest BCUT2D eigenvalue weighted by atomic mass is 16.5. The van der Waals surface area contributed by atoms with Crippen LogP contribution in [0.4, 0.5) is 0 Å². The van der Waals surface area contributed by atoms with Crippen LogP contribution in [0.3, 0.4) is 0 Å². The van der Waals surface area contributed by atoms with Gasteiger partial charge in [-0.25, -0.2) is 9.67 Å². The number of ether oxygens (including phenoxy) is 1. The lowest BCUT2D eigenvalue weighted by Crippen LogP contribution is -2.17. The van der Waals surface area contributed by atoms with E-state index in [-0.39, 0.29) is 5.56 Å². The molecule has 1 saturated carbocycles. The van der Waals surface area contributed by atoms with Crippen molar-refractivity contribution in [2.75, 3.05) is 0 Å². The lowest BCUT2D eigenvalue weighted by atomic mass is 9.95. The maximum atomic E-state index is 11.8. The van der Waals surface area contributed by atoms with Crippen LogP contribution in [-0.2, 0) is 13.7 Å². The molecule has 4 rings (SSSR count). The summed E-state index contributed by atoms with van der Waals surface area (Å²) >= 11 is 0. The molecular weight excluding hydrogens is 340 g/mol. The van der Waals surface area contributed by atoms with Crippen LogP contribution in [0.5, 0.6) is 5.75 Å². The van der Waals surface area contributed by atoms with Gasteiger partial charge >= 0.3 is 0 Å². The monoisotopic (exact) mass is 364 g/mol. The van der Waals surface area contributed by atoms with Gasteiger partial charge in [0.15, 0.2) is 11.6 Å². The summed E-state index contributed by atoms with van der Waals surface area (Å²) in [6, 6.07) is 13.4. The molecule has 6 heteroatoms. The molecule has 140 valence electrons. The van der Waals surface area contributed by atoms with Crippen molar-refractivity contribution < 1.29 is 4.74 Å². The zero-order chi connectivity index (χ0) is 18.6. The predicted octanol–water partition coefficient (Wildman–Crippen LogP) is 3.73. The zero-order valence-electron chi connectivity index (χ0n) is 15.5. The number of hydrogen-bond donors (Lipinski definition) is 0. The van der Waals surface area contributed by atoms with E-state index in [1.165, 1.54) is 19.3 Å². The topological polar surface area (TPSA) is 61.9 Å². The molecule has 3 aromatic rings. The van der Waals surface area contributed by atoms with Gasteiger partial charge in [-0.05, 0) is 31.0 Å². The van der Waals surface area contributed by atoms with Gasteiger partial charge in [0.1, 0.15) is 12.4 Å². The molecule has 0 radical (unpaired) electrons. The fourth-order valence-corrected chi connectivity index (χ4v) is 3.60. The molecule has 0 bridgehead atoms. The van der Waals surface area contributed by atoms with Crippen LogP contribution in [0.2, 0.25) is 0 Å². The van der Waals surface area contributed by atoms with Crippen molar-refractivity contribution in [1.29, 1.82) is 0 Å². The smallest absolute Gasteiger partial charge is 0.250 e. The molecule has 0 atom stereocenters. The summed E-state index contributed by atoms with van der Waals surface area (Å²) in [5.74, 6) is 2.27. The third-order valence-electron chi connectivity index (χ3n) is 5.05. The highest BCUT2D eigenvalue weighted by Gasteiger charge is 2.22. The first-order valence-corrected chi connectivity index (χ1v) is 9.51. The Balaban J connectivity index is 1.65. The second-order valence-electron chi connectivity index (χ2n) is 7.06. The summed E-state index contributed by atoms with van der Waals surface area (Å²) in [5.41, 5.74) is 0.872. The largest absolute Gasteiger partial charge is 0.486 e. The van der Waals surface area contributed by atoms with E-state index in [9.17, 15) is 4.79 Å². The normalized spacial score (nSPS) is 15.0. The van der Waals surface area contributed by atoms with E-state index in [2.05, 4.69) is 0 Å². The van der Waals surface area contributed by atoms with Crippen LogP contribution < -0.4 is 10.3 Å². The molecule has 1 fully saturated rings. The molecule has 6 nitrogen and oxygen atoms in total. The SMILES string of the molecule is Cn1cc(-c2nc(COc3ccccc3)nn2C2CCCCC2)ccc1=O. The molecule has 0 amide bonds. The van der Waals surface area contributed by atoms with Gasteiger partial charge in [0.05, 0.1) is 6.04 Å². The molecule has 27 heavy (non-hydrogen) atoms. The Morgan fingerprint density at radius 3 is 2.59 bits per heavy atom. The molecule has 0 N–H and O–H groups in total. The van der Waals surface area contributed by atoms with Crippen molar-refractivity contribution in [1.82, 2.24) is 19.3 Å². The van der Waals surface area contributed by atoms with Crippen molar-refractivity contribution in [3.05, 3.63) is 64.8 Å². The second-order valence-corrected chi connectivity index (χ2v) is 7.06. The standard InChI is InChI=1S/C21H24N4O2/c1-24-14-16(12-13-20(24)26)21-22-19(15-27-18-10-6-3-7-11-18)23-25(21)17-8-4-2-5-9-17/h3,6-7,10-14,17H,2,4-5,8-9,15H2,1H3. The molecule has 1 aromatic carbocycles. The van der Waals surface area contributed by atoms with E-state index >= 15 is 0 Å². The summed E-state index contributed by atoms with van der Waals surface area (Å²) in [6.45, 7) is 0.322. The highest BCUT2D eigenvalue weighted by Crippen LogP contribution is 2.31. The van der Waals surface area contributed by atoms with E-state index in [0.717, 1.165) is 30.0 Å². The molecular formula is C21H24N4O2. The molecule has 0 unspecified atom stereocenters. The van der Waals surface area contributed by atoms with Crippen LogP contribution in [0, 0.1) is 0 Å². The predicted molar refractivity (Wildman–Crippen MR) is 104 cm³/mol. The third kappa shape index (κ3) is 3.94. The number of pyridine rings is 1. The molecule has 0 aliphatic heterocycles. The maximum absolute atomic E-state index is 11.8. The van der Waals surface area contributed by atoms with Crippen molar-refractivity contribution in [2.45, 2.75) is 44.8 Å². The van der Waals surface area contributed by atoms with Crippen LogP contribution in [0.1, 0.15) is 44.0 Å². The molecule has 0 spiro atoms. The van der Waals surface area contributed by atoms with Gasteiger partial charge in [0, 0.05) is 24.9 Å². The van der Waals surface area contributed by atoms with E-state index in [1.54, 1.807) is 17.7 Å². The Hall–Kier alpha value is -2.89. The Morgan fingerprint density at radius 2 is 1.85 bits per heavy atom. The minimum absolute atomic E-state index is 0.0323. The van der Waals surface area contributed by atoms with Crippen molar-refractivity contribution in [2.24, 2.45) is 7.05 Å². The van der Waals surface area contributed by atoms with Crippen molar-refractivity contribution in [3.63, 3.8) is 0 Å². The number of benzene rings is 1. The van der Waals surface area contributed by atoms with E-state index in [1.807, 2.05) is 47.3 Å². The van der Waals surface area contributed by atoms with Gasteiger partial charge in [-0.3, -0.25) is 4.79 Å². The fraction of sp³-hybridized carbons (Fsp3) is 0.381. The molecule has 2 aromatic heterocycles. The van der Waals surface area contributed by atoms with Gasteiger partial charge in [-0.15, -0.1) is 0 Å². The van der Waals surface area contributed by atoms with Crippen molar-refractivity contribution >= 4 is 0 Å². The Bertz CT molecular complexity index is 956. The summed E-state index contributed by atoms with van der Waals surface area (Å²) in [4.78, 5) is 16.5. The molecule has 1 aliphatic carbocycles. The number of rotatable bonds is 5. The van der Waals surface area contributed by atoms with Gasteiger partial charge < -0.3 is 9.30 Å². The first-order chi connectivity index (χ1) is 13.2. The Kier molecular flexibility index (Phi) is 5.05. The fourth-order valence-electron chi connectivity index (χ4n) is 3.60. The van der Waals surface area contributed by atoms with E-state index < -0.39 is 0 Å². The van der Waals surface area contributed by atoms with Crippen LogP contribution >= 0.6 is 0 Å². The first kappa shape index (κ1) is 17.5. The summed E-state index contributed by atoms with van der Waals surface area (Å²) in [5, 5.41) is 4.77. The van der Waals surface area contributed by atoms with Gasteiger partial charge in [-0.1, -0.05) is 37.5 Å². The Labute approximate surface area is 158 Å². The summed E-state index contributed by atoms with van der Waals surface area (Å²) in [6.07, 6.45) is 7.76. The number of aromatic nitrogens is 4. The number of nitrogens with zero attached hydrogens (tertiary/aromatic N) is 4. The summed E-state index contributed by atoms with van der Waals surface area (Å²) < 4.78 is 9.46. The van der Waals surface area contributed by atoms with Crippen molar-refractivity contribution in [3.8, 4) is 17.1 Å². The quantitative estimate of drug-likeness (QED) is 0.692. The second kappa shape index (κ2) is 7.78. The zero-order valence-corrected chi connectivity index (χ0v) is 15.5. The highest BCUT2D eigenvalue weighted by molar-refractivity contribution is 5.53. The number of aryl methyl sites for hydroxylation is 1. The number of para-hydroxylation sites is 1. The molecule has 1 aliphatic rings. The minimum atomic E-state index is -0.0323. The maximum Gasteiger partial charge on any atom is 0.250 e.